The second kappa shape index (κ2) is 6.28. The van der Waals surface area contributed by atoms with Crippen LogP contribution in [-0.2, 0) is 4.79 Å². The van der Waals surface area contributed by atoms with Gasteiger partial charge in [-0.2, -0.15) is 5.10 Å². The number of halogens is 1. The number of aromatic nitrogens is 1. The number of carbonyl (C=O) groups is 1. The molecule has 2 aliphatic heterocycles. The average molecular weight is 400 g/mol. The molecule has 0 saturated carbocycles. The summed E-state index contributed by atoms with van der Waals surface area (Å²) in [6.45, 7) is 5.84. The van der Waals surface area contributed by atoms with Crippen LogP contribution in [0, 0.1) is 5.41 Å². The molecule has 2 aromatic rings. The van der Waals surface area contributed by atoms with E-state index in [9.17, 15) is 4.79 Å². The van der Waals surface area contributed by atoms with Gasteiger partial charge in [0.15, 0.2) is 6.04 Å². The molecular formula is C19H18ClN5OS. The number of nitrogens with one attached hydrogen (secondary N) is 1. The molecular weight excluding hydrogens is 382 g/mol. The number of benzene rings is 1. The molecule has 1 aromatic carbocycles. The third-order valence-electron chi connectivity index (χ3n) is 4.41. The van der Waals surface area contributed by atoms with Crippen molar-refractivity contribution in [2.75, 3.05) is 0 Å². The molecule has 0 aliphatic carbocycles. The third-order valence-corrected chi connectivity index (χ3v) is 5.52. The first-order valence-electron chi connectivity index (χ1n) is 8.44. The molecule has 27 heavy (non-hydrogen) atoms. The molecule has 4 rings (SSSR count). The predicted molar refractivity (Wildman–Crippen MR) is 110 cm³/mol. The predicted octanol–water partition coefficient (Wildman–Crippen LogP) is 3.49. The van der Waals surface area contributed by atoms with Crippen molar-refractivity contribution in [1.29, 1.82) is 0 Å². The van der Waals surface area contributed by atoms with E-state index in [1.165, 1.54) is 11.3 Å². The van der Waals surface area contributed by atoms with Crippen LogP contribution in [0.3, 0.4) is 0 Å². The fourth-order valence-corrected chi connectivity index (χ4v) is 4.08. The maximum Gasteiger partial charge on any atom is 0.209 e. The van der Waals surface area contributed by atoms with Crippen LogP contribution >= 0.6 is 22.9 Å². The number of amidine groups is 1. The van der Waals surface area contributed by atoms with Crippen molar-refractivity contribution in [2.24, 2.45) is 21.2 Å². The molecule has 138 valence electrons. The van der Waals surface area contributed by atoms with Crippen molar-refractivity contribution in [3.8, 4) is 11.3 Å². The summed E-state index contributed by atoms with van der Waals surface area (Å²) in [5.41, 5.74) is 12.3. The third kappa shape index (κ3) is 3.07. The first-order chi connectivity index (χ1) is 12.8. The zero-order valence-corrected chi connectivity index (χ0v) is 16.6. The molecule has 1 atom stereocenters. The van der Waals surface area contributed by atoms with Gasteiger partial charge in [-0.3, -0.25) is 10.2 Å². The molecule has 1 unspecified atom stereocenters. The van der Waals surface area contributed by atoms with Gasteiger partial charge in [0, 0.05) is 21.4 Å². The number of aliphatic imine (C=N–C) groups is 1. The highest BCUT2D eigenvalue weighted by molar-refractivity contribution is 7.11. The molecule has 0 spiro atoms. The number of Topliss-reactive ketones (excluding diaryl/α,β-unsaturated/α-hetero) is 1. The van der Waals surface area contributed by atoms with E-state index in [0.717, 1.165) is 11.3 Å². The van der Waals surface area contributed by atoms with E-state index in [-0.39, 0.29) is 11.2 Å². The highest BCUT2D eigenvalue weighted by Gasteiger charge is 2.42. The van der Waals surface area contributed by atoms with Gasteiger partial charge in [-0.05, 0) is 12.1 Å². The molecule has 2 aliphatic rings. The number of hydrogen-bond donors (Lipinski definition) is 2. The molecule has 0 radical (unpaired) electrons. The van der Waals surface area contributed by atoms with Crippen LogP contribution in [0.15, 0.2) is 45.4 Å². The van der Waals surface area contributed by atoms with E-state index in [2.05, 4.69) is 20.5 Å². The summed E-state index contributed by atoms with van der Waals surface area (Å²) in [6.07, 6.45) is 0. The van der Waals surface area contributed by atoms with Crippen LogP contribution in [-0.4, -0.2) is 28.4 Å². The lowest BCUT2D eigenvalue weighted by molar-refractivity contribution is -0.114. The number of nitrogens with zero attached hydrogens (tertiary/aromatic N) is 3. The minimum Gasteiger partial charge on any atom is -0.383 e. The Kier molecular flexibility index (Phi) is 4.16. The molecule has 6 nitrogen and oxygen atoms in total. The van der Waals surface area contributed by atoms with Gasteiger partial charge in [-0.25, -0.2) is 9.98 Å². The van der Waals surface area contributed by atoms with Crippen LogP contribution in [0.25, 0.3) is 16.8 Å². The highest BCUT2D eigenvalue weighted by Crippen LogP contribution is 2.35. The topological polar surface area (TPSA) is 92.7 Å². The van der Waals surface area contributed by atoms with E-state index in [0.29, 0.717) is 32.8 Å². The van der Waals surface area contributed by atoms with Gasteiger partial charge in [-0.15, -0.1) is 11.3 Å². The molecule has 3 N–H and O–H groups in total. The average Bonchev–Trinajstić information content (AvgIpc) is 3.19. The number of nitrogens with two attached hydrogens (primary N) is 1. The van der Waals surface area contributed by atoms with Gasteiger partial charge in [0.2, 0.25) is 5.78 Å². The van der Waals surface area contributed by atoms with Crippen LogP contribution in [0.2, 0.25) is 5.02 Å². The lowest BCUT2D eigenvalue weighted by Gasteiger charge is -2.26. The van der Waals surface area contributed by atoms with Crippen LogP contribution in [0.1, 0.15) is 25.8 Å². The molecule has 3 heterocycles. The maximum absolute atomic E-state index is 12.8. The van der Waals surface area contributed by atoms with E-state index in [4.69, 9.17) is 17.3 Å². The molecule has 0 bridgehead atoms. The second-order valence-electron chi connectivity index (χ2n) is 7.44. The number of ketones is 1. The SMILES string of the molecule is CC(C)(C)C1=NNC2=C(c3nc(-c4ccc(Cl)cc4)cs3)C(N)=NC2C1=O. The van der Waals surface area contributed by atoms with Crippen molar-refractivity contribution in [3.63, 3.8) is 0 Å². The van der Waals surface area contributed by atoms with Crippen molar-refractivity contribution >= 4 is 45.8 Å². The number of fused-ring (bicyclic) bond motifs is 1. The van der Waals surface area contributed by atoms with E-state index in [1.54, 1.807) is 0 Å². The standard InChI is InChI=1S/C19H18ClN5OS/c1-19(2,3)16-15(26)14-13(24-25-16)12(17(21)23-14)18-22-11(8-27-18)9-4-6-10(20)7-5-9/h4-8,14,24H,1-3H3,(H2,21,23). The number of hydrazone groups is 1. The minimum absolute atomic E-state index is 0.122. The van der Waals surface area contributed by atoms with Gasteiger partial charge in [0.1, 0.15) is 16.6 Å². The van der Waals surface area contributed by atoms with Crippen molar-refractivity contribution < 1.29 is 4.79 Å². The van der Waals surface area contributed by atoms with Crippen molar-refractivity contribution in [2.45, 2.75) is 26.8 Å². The first-order valence-corrected chi connectivity index (χ1v) is 9.69. The zero-order chi connectivity index (χ0) is 19.3. The van der Waals surface area contributed by atoms with E-state index in [1.807, 2.05) is 50.4 Å². The maximum atomic E-state index is 12.8. The summed E-state index contributed by atoms with van der Waals surface area (Å²) in [7, 11) is 0. The Hall–Kier alpha value is -2.51. The normalized spacial score (nSPS) is 19.6. The fraction of sp³-hybridized carbons (Fsp3) is 0.263. The minimum atomic E-state index is -0.672. The van der Waals surface area contributed by atoms with Gasteiger partial charge in [0.25, 0.3) is 0 Å². The van der Waals surface area contributed by atoms with Gasteiger partial charge < -0.3 is 5.73 Å². The van der Waals surface area contributed by atoms with Crippen molar-refractivity contribution in [1.82, 2.24) is 10.4 Å². The first kappa shape index (κ1) is 17.9. The summed E-state index contributed by atoms with van der Waals surface area (Å²) >= 11 is 7.40. The smallest absolute Gasteiger partial charge is 0.209 e. The molecule has 0 fully saturated rings. The summed E-state index contributed by atoms with van der Waals surface area (Å²) in [4.78, 5) is 21.9. The summed E-state index contributed by atoms with van der Waals surface area (Å²) in [6, 6.07) is 6.80. The fourth-order valence-electron chi connectivity index (χ4n) is 3.05. The number of rotatable bonds is 2. The molecule has 0 amide bonds. The number of hydrogen-bond acceptors (Lipinski definition) is 7. The number of thiazole rings is 1. The Labute approximate surface area is 165 Å². The van der Waals surface area contributed by atoms with Crippen molar-refractivity contribution in [3.05, 3.63) is 45.4 Å². The monoisotopic (exact) mass is 399 g/mol. The Morgan fingerprint density at radius 2 is 1.93 bits per heavy atom. The highest BCUT2D eigenvalue weighted by atomic mass is 35.5. The summed E-state index contributed by atoms with van der Waals surface area (Å²) < 4.78 is 0. The molecule has 8 heteroatoms. The lowest BCUT2D eigenvalue weighted by atomic mass is 9.84. The molecule has 1 aromatic heterocycles. The Morgan fingerprint density at radius 3 is 2.59 bits per heavy atom. The number of carbonyl (C=O) groups excluding carboxylic acids is 1. The van der Waals surface area contributed by atoms with E-state index < -0.39 is 6.04 Å². The zero-order valence-electron chi connectivity index (χ0n) is 15.1. The van der Waals surface area contributed by atoms with Crippen LogP contribution in [0.5, 0.6) is 0 Å². The summed E-state index contributed by atoms with van der Waals surface area (Å²) in [5.74, 6) is 0.182. The van der Waals surface area contributed by atoms with Gasteiger partial charge in [0.05, 0.1) is 17.0 Å². The van der Waals surface area contributed by atoms with Crippen LogP contribution in [0.4, 0.5) is 0 Å². The Morgan fingerprint density at radius 1 is 1.22 bits per heavy atom. The Bertz CT molecular complexity index is 1030. The Balaban J connectivity index is 1.73. The quantitative estimate of drug-likeness (QED) is 0.808. The largest absolute Gasteiger partial charge is 0.383 e. The summed E-state index contributed by atoms with van der Waals surface area (Å²) in [5, 5.41) is 7.62. The lowest BCUT2D eigenvalue weighted by Crippen LogP contribution is -2.43. The molecule has 0 saturated heterocycles. The second-order valence-corrected chi connectivity index (χ2v) is 8.73. The van der Waals surface area contributed by atoms with Gasteiger partial charge >= 0.3 is 0 Å². The van der Waals surface area contributed by atoms with E-state index >= 15 is 0 Å². The van der Waals surface area contributed by atoms with Gasteiger partial charge in [-0.1, -0.05) is 44.5 Å². The van der Waals surface area contributed by atoms with Crippen LogP contribution < -0.4 is 11.2 Å².